The van der Waals surface area contributed by atoms with Crippen LogP contribution in [0.15, 0.2) is 24.5 Å². The van der Waals surface area contributed by atoms with E-state index in [1.165, 1.54) is 15.9 Å². The SMILES string of the molecule is Nc1ncnc(N2CC[C@H](C(F)(F)F)[C@@H](N3CCC[C@@H](Nc4cc(Cl)cc(Cl)c4)C3=O)C2)c1F. The topological polar surface area (TPSA) is 87.4 Å². The van der Waals surface area contributed by atoms with Crippen LogP contribution >= 0.6 is 23.2 Å². The summed E-state index contributed by atoms with van der Waals surface area (Å²) in [5.74, 6) is -3.68. The Kier molecular flexibility index (Phi) is 6.95. The van der Waals surface area contributed by atoms with Crippen molar-refractivity contribution in [1.82, 2.24) is 14.9 Å². The number of rotatable bonds is 4. The van der Waals surface area contributed by atoms with Gasteiger partial charge in [-0.1, -0.05) is 23.2 Å². The van der Waals surface area contributed by atoms with Gasteiger partial charge in [0, 0.05) is 35.4 Å². The minimum Gasteiger partial charge on any atom is -0.381 e. The van der Waals surface area contributed by atoms with Gasteiger partial charge in [0.15, 0.2) is 11.6 Å². The Labute approximate surface area is 203 Å². The molecule has 2 aliphatic heterocycles. The lowest BCUT2D eigenvalue weighted by Gasteiger charge is -2.47. The second kappa shape index (κ2) is 9.61. The van der Waals surface area contributed by atoms with E-state index < -0.39 is 41.7 Å². The molecular weight excluding hydrogens is 499 g/mol. The monoisotopic (exact) mass is 520 g/mol. The van der Waals surface area contributed by atoms with Gasteiger partial charge in [-0.3, -0.25) is 4.79 Å². The number of anilines is 3. The van der Waals surface area contributed by atoms with Gasteiger partial charge in [0.05, 0.1) is 12.0 Å². The van der Waals surface area contributed by atoms with Crippen molar-refractivity contribution in [2.24, 2.45) is 5.92 Å². The van der Waals surface area contributed by atoms with Crippen LogP contribution in [0.2, 0.25) is 10.0 Å². The standard InChI is InChI=1S/C21H22Cl2F4N6O/c22-11-6-12(23)8-13(7-11)31-15-2-1-4-33(20(15)34)16-9-32(5-3-14(16)21(25,26)27)19-17(24)18(28)29-10-30-19/h6-8,10,14-16,31H,1-5,9H2,(H2,28,29,30)/t14-,15+,16-/m0/s1. The van der Waals surface area contributed by atoms with Gasteiger partial charge < -0.3 is 20.9 Å². The summed E-state index contributed by atoms with van der Waals surface area (Å²) in [5, 5.41) is 3.77. The minimum atomic E-state index is -4.53. The highest BCUT2D eigenvalue weighted by atomic mass is 35.5. The van der Waals surface area contributed by atoms with Crippen molar-refractivity contribution in [3.05, 3.63) is 40.4 Å². The molecule has 0 spiro atoms. The Hall–Kier alpha value is -2.53. The zero-order chi connectivity index (χ0) is 24.6. The lowest BCUT2D eigenvalue weighted by atomic mass is 9.87. The highest BCUT2D eigenvalue weighted by Gasteiger charge is 2.51. The maximum atomic E-state index is 14.5. The molecule has 0 radical (unpaired) electrons. The van der Waals surface area contributed by atoms with Crippen molar-refractivity contribution in [3.63, 3.8) is 0 Å². The van der Waals surface area contributed by atoms with Crippen LogP contribution in [-0.4, -0.2) is 58.7 Å². The number of likely N-dealkylation sites (tertiary alicyclic amines) is 1. The number of alkyl halides is 3. The van der Waals surface area contributed by atoms with Crippen LogP contribution < -0.4 is 16.0 Å². The minimum absolute atomic E-state index is 0.0846. The molecule has 2 saturated heterocycles. The number of aromatic nitrogens is 2. The fourth-order valence-corrected chi connectivity index (χ4v) is 5.14. The quantitative estimate of drug-likeness (QED) is 0.582. The molecule has 0 bridgehead atoms. The Bertz CT molecular complexity index is 1050. The van der Waals surface area contributed by atoms with Gasteiger partial charge >= 0.3 is 6.18 Å². The molecule has 1 amide bonds. The number of amides is 1. The number of hydrogen-bond donors (Lipinski definition) is 2. The van der Waals surface area contributed by atoms with Crippen LogP contribution in [-0.2, 0) is 4.79 Å². The Morgan fingerprint density at radius 3 is 2.47 bits per heavy atom. The van der Waals surface area contributed by atoms with Crippen LogP contribution in [0.4, 0.5) is 34.9 Å². The van der Waals surface area contributed by atoms with Crippen molar-refractivity contribution in [2.45, 2.75) is 37.5 Å². The van der Waals surface area contributed by atoms with Crippen molar-refractivity contribution < 1.29 is 22.4 Å². The zero-order valence-corrected chi connectivity index (χ0v) is 19.3. The molecule has 2 fully saturated rings. The summed E-state index contributed by atoms with van der Waals surface area (Å²) in [6, 6.07) is 2.74. The number of carbonyl (C=O) groups is 1. The fourth-order valence-electron chi connectivity index (χ4n) is 4.62. The molecule has 2 aliphatic rings. The van der Waals surface area contributed by atoms with Gasteiger partial charge in [0.2, 0.25) is 11.7 Å². The molecule has 1 aromatic heterocycles. The Morgan fingerprint density at radius 2 is 1.79 bits per heavy atom. The van der Waals surface area contributed by atoms with Crippen molar-refractivity contribution >= 4 is 46.4 Å². The van der Waals surface area contributed by atoms with E-state index >= 15 is 0 Å². The van der Waals surface area contributed by atoms with Gasteiger partial charge in [-0.15, -0.1) is 0 Å². The van der Waals surface area contributed by atoms with Crippen LogP contribution in [0.25, 0.3) is 0 Å². The van der Waals surface area contributed by atoms with E-state index in [9.17, 15) is 22.4 Å². The van der Waals surface area contributed by atoms with Gasteiger partial charge in [0.1, 0.15) is 12.4 Å². The summed E-state index contributed by atoms with van der Waals surface area (Å²) in [7, 11) is 0. The number of hydrogen-bond acceptors (Lipinski definition) is 6. The maximum absolute atomic E-state index is 14.5. The molecule has 3 N–H and O–H groups in total. The molecule has 34 heavy (non-hydrogen) atoms. The van der Waals surface area contributed by atoms with Crippen molar-refractivity contribution in [1.29, 1.82) is 0 Å². The summed E-state index contributed by atoms with van der Waals surface area (Å²) in [6.07, 6.45) is -2.86. The Morgan fingerprint density at radius 1 is 1.09 bits per heavy atom. The van der Waals surface area contributed by atoms with Crippen molar-refractivity contribution in [2.75, 3.05) is 35.6 Å². The largest absolute Gasteiger partial charge is 0.393 e. The second-order valence-electron chi connectivity index (χ2n) is 8.38. The molecule has 1 aromatic carbocycles. The first-order chi connectivity index (χ1) is 16.0. The van der Waals surface area contributed by atoms with Crippen LogP contribution in [0.1, 0.15) is 19.3 Å². The summed E-state index contributed by atoms with van der Waals surface area (Å²) >= 11 is 12.0. The third-order valence-electron chi connectivity index (χ3n) is 6.18. The molecule has 4 rings (SSSR count). The Balaban J connectivity index is 1.59. The number of nitrogens with two attached hydrogens (primary N) is 1. The zero-order valence-electron chi connectivity index (χ0n) is 17.8. The number of nitrogens with zero attached hydrogens (tertiary/aromatic N) is 4. The predicted octanol–water partition coefficient (Wildman–Crippen LogP) is 4.37. The number of benzene rings is 1. The maximum Gasteiger partial charge on any atom is 0.393 e. The first kappa shape index (κ1) is 24.6. The molecule has 3 heterocycles. The molecule has 0 saturated carbocycles. The average Bonchev–Trinajstić information content (AvgIpc) is 2.75. The molecule has 0 unspecified atom stereocenters. The van der Waals surface area contributed by atoms with E-state index in [1.54, 1.807) is 12.1 Å². The van der Waals surface area contributed by atoms with E-state index in [-0.39, 0.29) is 31.9 Å². The third-order valence-corrected chi connectivity index (χ3v) is 6.61. The summed E-state index contributed by atoms with van der Waals surface area (Å²) in [5.41, 5.74) is 6.01. The highest BCUT2D eigenvalue weighted by molar-refractivity contribution is 6.35. The van der Waals surface area contributed by atoms with E-state index in [0.29, 0.717) is 28.6 Å². The smallest absolute Gasteiger partial charge is 0.381 e. The van der Waals surface area contributed by atoms with Gasteiger partial charge in [-0.2, -0.15) is 17.6 Å². The fraction of sp³-hybridized carbons (Fsp3) is 0.476. The van der Waals surface area contributed by atoms with E-state index in [4.69, 9.17) is 28.9 Å². The summed E-state index contributed by atoms with van der Waals surface area (Å²) in [4.78, 5) is 23.4. The molecular formula is C21H22Cl2F4N6O. The molecule has 13 heteroatoms. The van der Waals surface area contributed by atoms with Gasteiger partial charge in [-0.05, 0) is 37.5 Å². The third kappa shape index (κ3) is 5.10. The normalized spacial score (nSPS) is 23.8. The summed E-state index contributed by atoms with van der Waals surface area (Å²) in [6.45, 7) is -0.162. The van der Waals surface area contributed by atoms with E-state index in [0.717, 1.165) is 6.33 Å². The van der Waals surface area contributed by atoms with Crippen molar-refractivity contribution in [3.8, 4) is 0 Å². The van der Waals surface area contributed by atoms with Gasteiger partial charge in [-0.25, -0.2) is 9.97 Å². The van der Waals surface area contributed by atoms with Gasteiger partial charge in [0.25, 0.3) is 0 Å². The first-order valence-corrected chi connectivity index (χ1v) is 11.4. The lowest BCUT2D eigenvalue weighted by Crippen LogP contribution is -2.62. The van der Waals surface area contributed by atoms with Crippen LogP contribution in [0.5, 0.6) is 0 Å². The van der Waals surface area contributed by atoms with E-state index in [2.05, 4.69) is 15.3 Å². The van der Waals surface area contributed by atoms with Crippen LogP contribution in [0.3, 0.4) is 0 Å². The number of carbonyl (C=O) groups excluding carboxylic acids is 1. The average molecular weight is 521 g/mol. The van der Waals surface area contributed by atoms with E-state index in [1.807, 2.05) is 0 Å². The van der Waals surface area contributed by atoms with Crippen LogP contribution in [0, 0.1) is 11.7 Å². The molecule has 7 nitrogen and oxygen atoms in total. The number of piperidine rings is 2. The first-order valence-electron chi connectivity index (χ1n) is 10.7. The number of halogens is 6. The highest BCUT2D eigenvalue weighted by Crippen LogP contribution is 2.39. The summed E-state index contributed by atoms with van der Waals surface area (Å²) < 4.78 is 56.4. The molecule has 2 aromatic rings. The molecule has 0 aliphatic carbocycles. The second-order valence-corrected chi connectivity index (χ2v) is 9.25. The lowest BCUT2D eigenvalue weighted by molar-refractivity contribution is -0.197. The molecule has 3 atom stereocenters. The number of nitrogens with one attached hydrogen (secondary N) is 1. The molecule has 184 valence electrons. The number of nitrogen functional groups attached to an aromatic ring is 1. The predicted molar refractivity (Wildman–Crippen MR) is 121 cm³/mol.